The number of carbonyl (C=O) groups excluding carboxylic acids is 1. The first kappa shape index (κ1) is 31.6. The van der Waals surface area contributed by atoms with E-state index in [0.717, 1.165) is 34.5 Å². The predicted molar refractivity (Wildman–Crippen MR) is 162 cm³/mol. The van der Waals surface area contributed by atoms with Gasteiger partial charge in [0.25, 0.3) is 0 Å². The van der Waals surface area contributed by atoms with Gasteiger partial charge in [0.05, 0.1) is 12.0 Å². The highest BCUT2D eigenvalue weighted by molar-refractivity contribution is 5.91. The maximum Gasteiger partial charge on any atom is 0.362 e. The van der Waals surface area contributed by atoms with Gasteiger partial charge in [-0.1, -0.05) is 67.6 Å². The molecule has 0 saturated carbocycles. The van der Waals surface area contributed by atoms with Crippen LogP contribution in [0.25, 0.3) is 22.5 Å². The summed E-state index contributed by atoms with van der Waals surface area (Å²) in [6.07, 6.45) is 1.48. The normalized spacial score (nSPS) is 11.7. The molecule has 0 atom stereocenters. The van der Waals surface area contributed by atoms with Gasteiger partial charge in [0, 0.05) is 25.6 Å². The molecule has 0 fully saturated rings. The van der Waals surface area contributed by atoms with Crippen LogP contribution in [0.3, 0.4) is 0 Å². The number of hydrogen-bond donors (Lipinski definition) is 3. The summed E-state index contributed by atoms with van der Waals surface area (Å²) in [5.41, 5.74) is 4.34. The molecule has 0 aliphatic rings. The minimum atomic E-state index is -0.869. The average Bonchev–Trinajstić information content (AvgIpc) is 3.71. The zero-order valence-corrected chi connectivity index (χ0v) is 25.5. The second kappa shape index (κ2) is 13.9. The van der Waals surface area contributed by atoms with E-state index in [1.807, 2.05) is 66.9 Å². The molecule has 0 unspecified atom stereocenters. The van der Waals surface area contributed by atoms with Crippen LogP contribution in [0.2, 0.25) is 0 Å². The summed E-state index contributed by atoms with van der Waals surface area (Å²) < 4.78 is 13.5. The lowest BCUT2D eigenvalue weighted by atomic mass is 9.98. The van der Waals surface area contributed by atoms with E-state index in [4.69, 9.17) is 24.9 Å². The summed E-state index contributed by atoms with van der Waals surface area (Å²) in [5.74, 6) is 1.00. The van der Waals surface area contributed by atoms with Gasteiger partial charge in [-0.2, -0.15) is 5.21 Å². The molecule has 0 radical (unpaired) electrons. The van der Waals surface area contributed by atoms with Crippen LogP contribution < -0.4 is 4.74 Å². The first-order valence-electron chi connectivity index (χ1n) is 14.4. The predicted octanol–water partition coefficient (Wildman–Crippen LogP) is 5.34. The van der Waals surface area contributed by atoms with Crippen LogP contribution in [0.1, 0.15) is 60.3 Å². The van der Waals surface area contributed by atoms with Gasteiger partial charge >= 0.3 is 5.97 Å². The van der Waals surface area contributed by atoms with Crippen molar-refractivity contribution in [2.45, 2.75) is 52.4 Å². The number of hydrogen-bond acceptors (Lipinski definition) is 11. The summed E-state index contributed by atoms with van der Waals surface area (Å²) >= 11 is 0. The van der Waals surface area contributed by atoms with E-state index in [1.165, 1.54) is 0 Å². The summed E-state index contributed by atoms with van der Waals surface area (Å²) in [6, 6.07) is 22.5. The summed E-state index contributed by atoms with van der Waals surface area (Å²) in [7, 11) is 1.58. The molecule has 0 spiro atoms. The topological polar surface area (TPSA) is 161 Å². The van der Waals surface area contributed by atoms with E-state index in [9.17, 15) is 4.79 Å². The van der Waals surface area contributed by atoms with Gasteiger partial charge in [0.2, 0.25) is 5.82 Å². The van der Waals surface area contributed by atoms with Crippen molar-refractivity contribution >= 4 is 5.97 Å². The van der Waals surface area contributed by atoms with Crippen molar-refractivity contribution in [1.82, 2.24) is 35.6 Å². The Morgan fingerprint density at radius 2 is 1.67 bits per heavy atom. The highest BCUT2D eigenvalue weighted by Gasteiger charge is 2.34. The molecule has 5 aromatic rings. The number of carbonyl (C=O) groups is 1. The summed E-state index contributed by atoms with van der Waals surface area (Å²) in [6.45, 7) is 6.09. The number of ether oxygens (including phenoxy) is 2. The molecule has 3 N–H and O–H groups in total. The summed E-state index contributed by atoms with van der Waals surface area (Å²) in [5, 5.41) is 31.7. The highest BCUT2D eigenvalue weighted by Crippen LogP contribution is 2.32. The average molecular weight is 614 g/mol. The van der Waals surface area contributed by atoms with Crippen LogP contribution in [0.4, 0.5) is 0 Å². The maximum absolute atomic E-state index is 13.9. The number of esters is 1. The third-order valence-electron chi connectivity index (χ3n) is 7.39. The van der Waals surface area contributed by atoms with E-state index in [2.05, 4.69) is 32.4 Å². The molecule has 0 aliphatic carbocycles. The van der Waals surface area contributed by atoms with Gasteiger partial charge < -0.3 is 14.0 Å². The smallest absolute Gasteiger partial charge is 0.362 e. The Hall–Kier alpha value is -4.79. The number of nitrogens with zero attached hydrogens (tertiary/aromatic N) is 6. The third-order valence-corrected chi connectivity index (χ3v) is 7.39. The van der Waals surface area contributed by atoms with Crippen molar-refractivity contribution in [3.63, 3.8) is 0 Å². The Bertz CT molecular complexity index is 1720. The molecule has 234 valence electrons. The monoisotopic (exact) mass is 613 g/mol. The van der Waals surface area contributed by atoms with Gasteiger partial charge in [-0.05, 0) is 59.9 Å². The standard InChI is InChI=1S/C32H35N7O6/c1-5-8-27-33-29(32(2,3)43-4)28(31(40)45-24-17-13-22(14-18-24)20-44-39(41)42)38(27)19-21-11-15-23(16-12-21)25-9-6-7-10-26(25)30-34-36-37-35-30/h6-7,9-18,41-42H,5,8,19-20H2,1-4H3,(H,34,35,36,37). The van der Waals surface area contributed by atoms with E-state index in [-0.39, 0.29) is 12.0 Å². The van der Waals surface area contributed by atoms with Gasteiger partial charge in [0.1, 0.15) is 22.9 Å². The van der Waals surface area contributed by atoms with Crippen LogP contribution in [-0.2, 0) is 34.7 Å². The Morgan fingerprint density at radius 3 is 2.29 bits per heavy atom. The molecule has 3 aromatic carbocycles. The summed E-state index contributed by atoms with van der Waals surface area (Å²) in [4.78, 5) is 23.4. The number of imidazole rings is 1. The zero-order valence-electron chi connectivity index (χ0n) is 25.5. The molecule has 5 rings (SSSR count). The van der Waals surface area contributed by atoms with Crippen molar-refractivity contribution in [3.8, 4) is 28.3 Å². The van der Waals surface area contributed by atoms with Gasteiger partial charge in [-0.3, -0.25) is 10.4 Å². The highest BCUT2D eigenvalue weighted by atomic mass is 17.1. The van der Waals surface area contributed by atoms with Gasteiger partial charge in [-0.25, -0.2) is 14.6 Å². The molecule has 0 aliphatic heterocycles. The van der Waals surface area contributed by atoms with E-state index < -0.39 is 11.6 Å². The fourth-order valence-electron chi connectivity index (χ4n) is 4.93. The van der Waals surface area contributed by atoms with Crippen molar-refractivity contribution in [1.29, 1.82) is 0 Å². The molecule has 2 aromatic heterocycles. The second-order valence-electron chi connectivity index (χ2n) is 10.8. The number of aromatic amines is 1. The molecule has 45 heavy (non-hydrogen) atoms. The number of tetrazole rings is 1. The fourth-order valence-corrected chi connectivity index (χ4v) is 4.93. The SMILES string of the molecule is CCCc1nc(C(C)(C)OC)c(C(=O)Oc2ccc(CON(O)O)cc2)n1Cc1ccc(-c2ccccc2-c2nn[nH]n2)cc1. The number of aryl methyl sites for hydroxylation is 1. The Labute approximate surface area is 259 Å². The number of benzene rings is 3. The molecule has 0 saturated heterocycles. The maximum atomic E-state index is 13.9. The molecule has 13 heteroatoms. The van der Waals surface area contributed by atoms with Crippen LogP contribution in [0, 0.1) is 0 Å². The third kappa shape index (κ3) is 7.30. The quantitative estimate of drug-likeness (QED) is 0.0893. The minimum absolute atomic E-state index is 0.0813. The number of rotatable bonds is 13. The van der Waals surface area contributed by atoms with Crippen molar-refractivity contribution in [2.24, 2.45) is 0 Å². The van der Waals surface area contributed by atoms with Crippen molar-refractivity contribution in [2.75, 3.05) is 7.11 Å². The van der Waals surface area contributed by atoms with Crippen LogP contribution in [-0.4, -0.2) is 59.1 Å². The lowest BCUT2D eigenvalue weighted by Crippen LogP contribution is -2.26. The molecule has 13 nitrogen and oxygen atoms in total. The van der Waals surface area contributed by atoms with Gasteiger partial charge in [-0.15, -0.1) is 10.2 Å². The molecule has 2 heterocycles. The van der Waals surface area contributed by atoms with Crippen LogP contribution in [0.15, 0.2) is 72.8 Å². The number of aromatic nitrogens is 6. The van der Waals surface area contributed by atoms with Gasteiger partial charge in [0.15, 0.2) is 5.69 Å². The first-order chi connectivity index (χ1) is 21.7. The fraction of sp³-hybridized carbons (Fsp3) is 0.281. The molecule has 0 amide bonds. The Morgan fingerprint density at radius 1 is 0.978 bits per heavy atom. The lowest BCUT2D eigenvalue weighted by Gasteiger charge is -2.22. The zero-order chi connectivity index (χ0) is 32.0. The number of H-pyrrole nitrogens is 1. The molecule has 0 bridgehead atoms. The lowest BCUT2D eigenvalue weighted by molar-refractivity contribution is -0.497. The van der Waals surface area contributed by atoms with E-state index >= 15 is 0 Å². The number of methoxy groups -OCH3 is 1. The van der Waals surface area contributed by atoms with E-state index in [0.29, 0.717) is 41.5 Å². The number of nitrogens with one attached hydrogen (secondary N) is 1. The Kier molecular flexibility index (Phi) is 9.76. The first-order valence-corrected chi connectivity index (χ1v) is 14.4. The minimum Gasteiger partial charge on any atom is -0.422 e. The molecular weight excluding hydrogens is 578 g/mol. The van der Waals surface area contributed by atoms with Crippen molar-refractivity contribution in [3.05, 3.63) is 101 Å². The van der Waals surface area contributed by atoms with E-state index in [1.54, 1.807) is 31.4 Å². The Balaban J connectivity index is 1.47. The second-order valence-corrected chi connectivity index (χ2v) is 10.8. The van der Waals surface area contributed by atoms with Crippen LogP contribution >= 0.6 is 0 Å². The van der Waals surface area contributed by atoms with Crippen LogP contribution in [0.5, 0.6) is 5.75 Å². The van der Waals surface area contributed by atoms with Crippen molar-refractivity contribution < 1.29 is 29.5 Å². The molecular formula is C32H35N7O6. The largest absolute Gasteiger partial charge is 0.422 e.